The lowest BCUT2D eigenvalue weighted by Crippen LogP contribution is -3.21. The average molecular weight is 415 g/mol. The fourth-order valence-electron chi connectivity index (χ4n) is 4.50. The minimum atomic E-state index is 0.167. The van der Waals surface area contributed by atoms with E-state index < -0.39 is 0 Å². The number of amides is 1. The van der Waals surface area contributed by atoms with E-state index in [4.69, 9.17) is 4.98 Å². The summed E-state index contributed by atoms with van der Waals surface area (Å²) in [5.74, 6) is 0.167. The first-order chi connectivity index (χ1) is 14.1. The van der Waals surface area contributed by atoms with Gasteiger partial charge in [-0.1, -0.05) is 31.2 Å². The first kappa shape index (κ1) is 20.5. The Labute approximate surface area is 178 Å². The van der Waals surface area contributed by atoms with Gasteiger partial charge in [0.2, 0.25) is 0 Å². The minimum Gasteiger partial charge on any atom is -0.330 e. The molecule has 2 aromatic rings. The Balaban J connectivity index is 1.34. The molecule has 1 aromatic carbocycles. The Bertz CT molecular complexity index is 818. The fraction of sp³-hybridized carbons (Fsp3) is 0.565. The van der Waals surface area contributed by atoms with Crippen LogP contribution >= 0.6 is 11.3 Å². The number of thiazole rings is 1. The van der Waals surface area contributed by atoms with Crippen molar-refractivity contribution in [2.45, 2.75) is 33.1 Å². The van der Waals surface area contributed by atoms with Crippen molar-refractivity contribution >= 4 is 17.2 Å². The van der Waals surface area contributed by atoms with Crippen molar-refractivity contribution in [1.29, 1.82) is 0 Å². The highest BCUT2D eigenvalue weighted by molar-refractivity contribution is 7.17. The summed E-state index contributed by atoms with van der Waals surface area (Å²) in [6.07, 6.45) is 3.83. The van der Waals surface area contributed by atoms with Crippen molar-refractivity contribution < 1.29 is 14.6 Å². The second-order valence-electron chi connectivity index (χ2n) is 8.48. The number of quaternary nitrogens is 2. The molecule has 0 saturated carbocycles. The van der Waals surface area contributed by atoms with Crippen molar-refractivity contribution in [2.24, 2.45) is 0 Å². The number of piperazine rings is 1. The van der Waals surface area contributed by atoms with E-state index in [1.165, 1.54) is 44.6 Å². The Kier molecular flexibility index (Phi) is 6.63. The summed E-state index contributed by atoms with van der Waals surface area (Å²) in [7, 11) is 0. The smallest absolute Gasteiger partial charge is 0.266 e. The zero-order valence-electron chi connectivity index (χ0n) is 17.8. The molecule has 2 N–H and O–H groups in total. The predicted octanol–water partition coefficient (Wildman–Crippen LogP) is 0.700. The molecule has 29 heavy (non-hydrogen) atoms. The van der Waals surface area contributed by atoms with Crippen molar-refractivity contribution in [1.82, 2.24) is 9.88 Å². The molecule has 4 rings (SSSR count). The van der Waals surface area contributed by atoms with Gasteiger partial charge < -0.3 is 14.7 Å². The van der Waals surface area contributed by atoms with Gasteiger partial charge in [-0.05, 0) is 18.9 Å². The molecule has 2 saturated heterocycles. The Morgan fingerprint density at radius 3 is 2.28 bits per heavy atom. The van der Waals surface area contributed by atoms with E-state index in [9.17, 15) is 4.79 Å². The predicted molar refractivity (Wildman–Crippen MR) is 118 cm³/mol. The summed E-state index contributed by atoms with van der Waals surface area (Å²) in [5.41, 5.74) is 3.29. The summed E-state index contributed by atoms with van der Waals surface area (Å²) in [6.45, 7) is 13.2. The van der Waals surface area contributed by atoms with E-state index >= 15 is 0 Å². The van der Waals surface area contributed by atoms with E-state index in [2.05, 4.69) is 31.2 Å². The van der Waals surface area contributed by atoms with Crippen molar-refractivity contribution in [2.75, 3.05) is 52.4 Å². The van der Waals surface area contributed by atoms with Crippen LogP contribution in [0.1, 0.15) is 40.7 Å². The Morgan fingerprint density at radius 1 is 1.03 bits per heavy atom. The summed E-state index contributed by atoms with van der Waals surface area (Å²) in [5, 5.41) is 0.950. The molecule has 2 aliphatic rings. The molecule has 0 bridgehead atoms. The number of aromatic nitrogens is 1. The van der Waals surface area contributed by atoms with Crippen LogP contribution in [0.15, 0.2) is 24.3 Å². The number of carbonyl (C=O) groups is 1. The maximum atomic E-state index is 13.1. The van der Waals surface area contributed by atoms with E-state index in [0.717, 1.165) is 53.7 Å². The number of hydrogen-bond acceptors (Lipinski definition) is 3. The molecule has 3 heterocycles. The number of carbonyl (C=O) groups excluding carboxylic acids is 1. The molecule has 156 valence electrons. The van der Waals surface area contributed by atoms with Crippen LogP contribution in [-0.2, 0) is 6.42 Å². The average Bonchev–Trinajstić information content (AvgIpc) is 3.42. The van der Waals surface area contributed by atoms with E-state index in [1.807, 2.05) is 11.8 Å². The third kappa shape index (κ3) is 4.87. The summed E-state index contributed by atoms with van der Waals surface area (Å²) < 4.78 is 0. The largest absolute Gasteiger partial charge is 0.330 e. The zero-order chi connectivity index (χ0) is 20.2. The second-order valence-corrected chi connectivity index (χ2v) is 9.48. The summed E-state index contributed by atoms with van der Waals surface area (Å²) >= 11 is 1.54. The SMILES string of the molecule is CCc1ccc(-c2nc(C)c(C(=O)N3CC[NH+](CC[NH+]4CCCC4)CC3)s2)cc1. The summed E-state index contributed by atoms with van der Waals surface area (Å²) in [6, 6.07) is 8.55. The molecule has 0 atom stereocenters. The first-order valence-electron chi connectivity index (χ1n) is 11.2. The Morgan fingerprint density at radius 2 is 1.66 bits per heavy atom. The highest BCUT2D eigenvalue weighted by Crippen LogP contribution is 2.29. The third-order valence-corrected chi connectivity index (χ3v) is 7.69. The van der Waals surface area contributed by atoms with Crippen molar-refractivity contribution in [3.63, 3.8) is 0 Å². The van der Waals surface area contributed by atoms with Gasteiger partial charge >= 0.3 is 0 Å². The molecule has 6 heteroatoms. The van der Waals surface area contributed by atoms with Crippen LogP contribution in [0.4, 0.5) is 0 Å². The maximum absolute atomic E-state index is 13.1. The number of nitrogens with zero attached hydrogens (tertiary/aromatic N) is 2. The van der Waals surface area contributed by atoms with Gasteiger partial charge in [-0.15, -0.1) is 11.3 Å². The van der Waals surface area contributed by atoms with Gasteiger partial charge in [-0.3, -0.25) is 4.79 Å². The molecular weight excluding hydrogens is 380 g/mol. The van der Waals surface area contributed by atoms with Crippen molar-refractivity contribution in [3.8, 4) is 10.6 Å². The van der Waals surface area contributed by atoms with Gasteiger partial charge in [-0.2, -0.15) is 0 Å². The quantitative estimate of drug-likeness (QED) is 0.731. The van der Waals surface area contributed by atoms with Gasteiger partial charge in [0.25, 0.3) is 5.91 Å². The van der Waals surface area contributed by atoms with Crippen molar-refractivity contribution in [3.05, 3.63) is 40.4 Å². The molecule has 2 aliphatic heterocycles. The number of likely N-dealkylation sites (tertiary alicyclic amines) is 1. The summed E-state index contributed by atoms with van der Waals surface area (Å²) in [4.78, 5) is 24.1. The maximum Gasteiger partial charge on any atom is 0.266 e. The van der Waals surface area contributed by atoms with Crippen LogP contribution < -0.4 is 9.80 Å². The van der Waals surface area contributed by atoms with Crippen LogP contribution in [-0.4, -0.2) is 68.1 Å². The topological polar surface area (TPSA) is 42.1 Å². The van der Waals surface area contributed by atoms with Crippen LogP contribution in [0.2, 0.25) is 0 Å². The second kappa shape index (κ2) is 9.37. The monoisotopic (exact) mass is 414 g/mol. The molecule has 0 spiro atoms. The number of nitrogens with one attached hydrogen (secondary N) is 2. The molecule has 5 nitrogen and oxygen atoms in total. The lowest BCUT2D eigenvalue weighted by molar-refractivity contribution is -0.954. The van der Waals surface area contributed by atoms with Gasteiger partial charge in [0.1, 0.15) is 23.0 Å². The molecular formula is C23H34N4OS+2. The molecule has 0 unspecified atom stereocenters. The van der Waals surface area contributed by atoms with Crippen LogP contribution in [0, 0.1) is 6.92 Å². The van der Waals surface area contributed by atoms with Gasteiger partial charge in [0, 0.05) is 18.4 Å². The number of aryl methyl sites for hydroxylation is 2. The third-order valence-electron chi connectivity index (χ3n) is 6.50. The zero-order valence-corrected chi connectivity index (χ0v) is 18.6. The molecule has 1 amide bonds. The first-order valence-corrected chi connectivity index (χ1v) is 12.0. The lowest BCUT2D eigenvalue weighted by atomic mass is 10.1. The minimum absolute atomic E-state index is 0.167. The van der Waals surface area contributed by atoms with E-state index in [1.54, 1.807) is 21.1 Å². The number of benzene rings is 1. The molecule has 0 radical (unpaired) electrons. The number of hydrogen-bond donors (Lipinski definition) is 2. The van der Waals surface area contributed by atoms with Crippen LogP contribution in [0.5, 0.6) is 0 Å². The highest BCUT2D eigenvalue weighted by atomic mass is 32.1. The molecule has 1 aromatic heterocycles. The number of rotatable bonds is 6. The lowest BCUT2D eigenvalue weighted by Gasteiger charge is -2.32. The van der Waals surface area contributed by atoms with E-state index in [-0.39, 0.29) is 5.91 Å². The standard InChI is InChI=1S/C23H32N4OS/c1-3-19-6-8-20(9-7-19)22-24-18(2)21(29-22)23(28)27-16-14-26(15-17-27)13-12-25-10-4-5-11-25/h6-9H,3-5,10-17H2,1-2H3/p+2. The van der Waals surface area contributed by atoms with Gasteiger partial charge in [-0.25, -0.2) is 4.98 Å². The normalized spacial score (nSPS) is 18.5. The van der Waals surface area contributed by atoms with Gasteiger partial charge in [0.15, 0.2) is 0 Å². The van der Waals surface area contributed by atoms with Crippen LogP contribution in [0.25, 0.3) is 10.6 Å². The fourth-order valence-corrected chi connectivity index (χ4v) is 5.54. The van der Waals surface area contributed by atoms with Gasteiger partial charge in [0.05, 0.1) is 45.0 Å². The molecule has 2 fully saturated rings. The van der Waals surface area contributed by atoms with E-state index in [0.29, 0.717) is 0 Å². The highest BCUT2D eigenvalue weighted by Gasteiger charge is 2.28. The Hall–Kier alpha value is -1.76. The van der Waals surface area contributed by atoms with Crippen LogP contribution in [0.3, 0.4) is 0 Å². The molecule has 0 aliphatic carbocycles.